The van der Waals surface area contributed by atoms with Crippen molar-refractivity contribution in [2.75, 3.05) is 5.32 Å². The number of halogens is 1. The molecule has 0 spiro atoms. The van der Waals surface area contributed by atoms with Gasteiger partial charge in [0, 0.05) is 17.3 Å². The summed E-state index contributed by atoms with van der Waals surface area (Å²) in [5.41, 5.74) is 2.93. The highest BCUT2D eigenvalue weighted by molar-refractivity contribution is 7.80. The molecule has 2 heterocycles. The van der Waals surface area contributed by atoms with Crippen LogP contribution in [-0.4, -0.2) is 32.2 Å². The lowest BCUT2D eigenvalue weighted by Crippen LogP contribution is -2.43. The minimum atomic E-state index is -0.983. The van der Waals surface area contributed by atoms with E-state index in [9.17, 15) is 14.3 Å². The van der Waals surface area contributed by atoms with E-state index in [2.05, 4.69) is 20.8 Å². The highest BCUT2D eigenvalue weighted by Gasteiger charge is 2.24. The summed E-state index contributed by atoms with van der Waals surface area (Å²) in [5.74, 6) is -1.13. The zero-order chi connectivity index (χ0) is 22.8. The predicted octanol–water partition coefficient (Wildman–Crippen LogP) is 5.21. The SMILES string of the molecule is CC(C)C(NC(=S)c1cc(-c2ccc(Nc3nc4ccc(F)cc4s3)cc2)no1)C(=O)O. The Hall–Kier alpha value is -3.37. The van der Waals surface area contributed by atoms with Gasteiger partial charge in [-0.25, -0.2) is 14.2 Å². The van der Waals surface area contributed by atoms with E-state index < -0.39 is 12.0 Å². The summed E-state index contributed by atoms with van der Waals surface area (Å²) in [7, 11) is 0. The van der Waals surface area contributed by atoms with Gasteiger partial charge in [-0.15, -0.1) is 0 Å². The zero-order valence-corrected chi connectivity index (χ0v) is 18.8. The van der Waals surface area contributed by atoms with Gasteiger partial charge in [0.2, 0.25) is 0 Å². The molecule has 0 saturated heterocycles. The Balaban J connectivity index is 1.45. The van der Waals surface area contributed by atoms with Gasteiger partial charge in [-0.2, -0.15) is 0 Å². The molecular weight excluding hydrogens is 451 g/mol. The molecule has 2 aromatic heterocycles. The maximum absolute atomic E-state index is 13.4. The van der Waals surface area contributed by atoms with Crippen LogP contribution in [-0.2, 0) is 4.79 Å². The number of aromatic nitrogens is 2. The van der Waals surface area contributed by atoms with Gasteiger partial charge in [0.1, 0.15) is 22.5 Å². The molecule has 0 fully saturated rings. The number of carbonyl (C=O) groups is 1. The number of hydrogen-bond donors (Lipinski definition) is 3. The van der Waals surface area contributed by atoms with Crippen LogP contribution in [0.3, 0.4) is 0 Å². The summed E-state index contributed by atoms with van der Waals surface area (Å²) < 4.78 is 19.4. The number of benzene rings is 2. The molecule has 164 valence electrons. The van der Waals surface area contributed by atoms with Crippen LogP contribution in [0.2, 0.25) is 0 Å². The van der Waals surface area contributed by atoms with Crippen molar-refractivity contribution in [1.29, 1.82) is 0 Å². The molecule has 0 saturated carbocycles. The average Bonchev–Trinajstić information content (AvgIpc) is 3.38. The van der Waals surface area contributed by atoms with Crippen LogP contribution in [0.1, 0.15) is 19.6 Å². The standard InChI is InChI=1S/C22H19FN4O3S2/c1-11(2)19(21(28)29)26-20(31)17-10-16(27-30-17)12-3-6-14(7-4-12)24-22-25-15-8-5-13(23)9-18(15)32-22/h3-11,19H,1-2H3,(H,24,25)(H,26,31)(H,28,29). The summed E-state index contributed by atoms with van der Waals surface area (Å²) >= 11 is 6.65. The second kappa shape index (κ2) is 9.01. The number of rotatable bonds is 7. The van der Waals surface area contributed by atoms with E-state index in [1.807, 2.05) is 24.3 Å². The van der Waals surface area contributed by atoms with Gasteiger partial charge in [-0.3, -0.25) is 0 Å². The van der Waals surface area contributed by atoms with E-state index >= 15 is 0 Å². The summed E-state index contributed by atoms with van der Waals surface area (Å²) in [5, 5.41) is 20.0. The summed E-state index contributed by atoms with van der Waals surface area (Å²) in [4.78, 5) is 16.0. The van der Waals surface area contributed by atoms with Crippen molar-refractivity contribution in [1.82, 2.24) is 15.5 Å². The first kappa shape index (κ1) is 21.8. The van der Waals surface area contributed by atoms with Crippen molar-refractivity contribution < 1.29 is 18.8 Å². The number of carboxylic acids is 1. The number of nitrogens with zero attached hydrogens (tertiary/aromatic N) is 2. The van der Waals surface area contributed by atoms with Gasteiger partial charge in [-0.1, -0.05) is 54.7 Å². The number of carboxylic acid groups (broad SMARTS) is 1. The van der Waals surface area contributed by atoms with Crippen molar-refractivity contribution in [3.05, 3.63) is 60.1 Å². The minimum Gasteiger partial charge on any atom is -0.480 e. The van der Waals surface area contributed by atoms with Crippen LogP contribution in [0.15, 0.2) is 53.1 Å². The third-order valence-electron chi connectivity index (χ3n) is 4.74. The van der Waals surface area contributed by atoms with Crippen LogP contribution in [0, 0.1) is 11.7 Å². The molecule has 1 unspecified atom stereocenters. The van der Waals surface area contributed by atoms with Crippen LogP contribution < -0.4 is 10.6 Å². The van der Waals surface area contributed by atoms with E-state index in [-0.39, 0.29) is 16.7 Å². The first-order chi connectivity index (χ1) is 15.3. The Kier molecular flexibility index (Phi) is 6.15. The molecule has 4 aromatic rings. The Morgan fingerprint density at radius 2 is 1.94 bits per heavy atom. The molecule has 10 heteroatoms. The number of thiazole rings is 1. The Bertz CT molecular complexity index is 1280. The molecule has 32 heavy (non-hydrogen) atoms. The lowest BCUT2D eigenvalue weighted by Gasteiger charge is -2.18. The van der Waals surface area contributed by atoms with Crippen LogP contribution in [0.5, 0.6) is 0 Å². The Labute approximate surface area is 192 Å². The van der Waals surface area contributed by atoms with E-state index in [0.717, 1.165) is 21.5 Å². The van der Waals surface area contributed by atoms with Crippen molar-refractivity contribution in [3.63, 3.8) is 0 Å². The normalized spacial score (nSPS) is 12.1. The molecule has 0 aliphatic carbocycles. The molecule has 3 N–H and O–H groups in total. The maximum Gasteiger partial charge on any atom is 0.326 e. The maximum atomic E-state index is 13.4. The van der Waals surface area contributed by atoms with Crippen LogP contribution in [0.25, 0.3) is 21.5 Å². The second-order valence-electron chi connectivity index (χ2n) is 7.44. The number of aliphatic carboxylic acids is 1. The van der Waals surface area contributed by atoms with Crippen LogP contribution >= 0.6 is 23.6 Å². The summed E-state index contributed by atoms with van der Waals surface area (Å²) in [6.07, 6.45) is 0. The smallest absolute Gasteiger partial charge is 0.326 e. The number of thiocarbonyl (C=S) groups is 1. The highest BCUT2D eigenvalue weighted by Crippen LogP contribution is 2.29. The van der Waals surface area contributed by atoms with Crippen molar-refractivity contribution >= 4 is 55.5 Å². The zero-order valence-electron chi connectivity index (χ0n) is 17.1. The van der Waals surface area contributed by atoms with Gasteiger partial charge < -0.3 is 20.3 Å². The number of anilines is 2. The first-order valence-electron chi connectivity index (χ1n) is 9.74. The number of nitrogens with one attached hydrogen (secondary N) is 2. The number of hydrogen-bond acceptors (Lipinski definition) is 7. The van der Waals surface area contributed by atoms with Crippen molar-refractivity contribution in [2.45, 2.75) is 19.9 Å². The summed E-state index contributed by atoms with van der Waals surface area (Å²) in [6, 6.07) is 12.8. The van der Waals surface area contributed by atoms with Gasteiger partial charge in [-0.05, 0) is 36.2 Å². The molecule has 4 rings (SSSR count). The lowest BCUT2D eigenvalue weighted by atomic mass is 10.0. The Morgan fingerprint density at radius 3 is 2.62 bits per heavy atom. The topological polar surface area (TPSA) is 100 Å². The molecule has 0 amide bonds. The van der Waals surface area contributed by atoms with E-state index in [1.165, 1.54) is 23.5 Å². The lowest BCUT2D eigenvalue weighted by molar-refractivity contribution is -0.140. The molecule has 1 atom stereocenters. The summed E-state index contributed by atoms with van der Waals surface area (Å²) in [6.45, 7) is 3.59. The third kappa shape index (κ3) is 4.76. The molecule has 0 bridgehead atoms. The largest absolute Gasteiger partial charge is 0.480 e. The second-order valence-corrected chi connectivity index (χ2v) is 8.88. The van der Waals surface area contributed by atoms with Crippen LogP contribution in [0.4, 0.5) is 15.2 Å². The monoisotopic (exact) mass is 470 g/mol. The van der Waals surface area contributed by atoms with Gasteiger partial charge in [0.25, 0.3) is 0 Å². The fourth-order valence-electron chi connectivity index (χ4n) is 3.04. The molecule has 0 aliphatic heterocycles. The molecule has 7 nitrogen and oxygen atoms in total. The number of fused-ring (bicyclic) bond motifs is 1. The molecule has 2 aromatic carbocycles. The molecular formula is C22H19FN4O3S2. The molecule has 0 aliphatic rings. The van der Waals surface area contributed by atoms with E-state index in [0.29, 0.717) is 16.6 Å². The fourth-order valence-corrected chi connectivity index (χ4v) is 4.18. The van der Waals surface area contributed by atoms with Crippen molar-refractivity contribution in [2.24, 2.45) is 5.92 Å². The van der Waals surface area contributed by atoms with Gasteiger partial charge >= 0.3 is 5.97 Å². The van der Waals surface area contributed by atoms with Gasteiger partial charge in [0.05, 0.1) is 10.2 Å². The predicted molar refractivity (Wildman–Crippen MR) is 126 cm³/mol. The fraction of sp³-hybridized carbons (Fsp3) is 0.182. The quantitative estimate of drug-likeness (QED) is 0.317. The van der Waals surface area contributed by atoms with E-state index in [4.69, 9.17) is 16.7 Å². The Morgan fingerprint density at radius 1 is 1.19 bits per heavy atom. The van der Waals surface area contributed by atoms with Gasteiger partial charge in [0.15, 0.2) is 10.9 Å². The third-order valence-corrected chi connectivity index (χ3v) is 5.99. The average molecular weight is 471 g/mol. The van der Waals surface area contributed by atoms with Crippen molar-refractivity contribution in [3.8, 4) is 11.3 Å². The molecule has 0 radical (unpaired) electrons. The first-order valence-corrected chi connectivity index (χ1v) is 11.0. The van der Waals surface area contributed by atoms with E-state index in [1.54, 1.807) is 26.0 Å². The minimum absolute atomic E-state index is 0.151. The highest BCUT2D eigenvalue weighted by atomic mass is 32.1.